The van der Waals surface area contributed by atoms with E-state index >= 15 is 0 Å². The van der Waals surface area contributed by atoms with E-state index in [0.29, 0.717) is 13.0 Å². The van der Waals surface area contributed by atoms with Gasteiger partial charge in [-0.25, -0.2) is 0 Å². The van der Waals surface area contributed by atoms with E-state index in [9.17, 15) is 4.79 Å². The second-order valence-corrected chi connectivity index (χ2v) is 16.5. The molecule has 4 nitrogen and oxygen atoms in total. The molecular weight excluding hydrogens is 500 g/mol. The second kappa shape index (κ2) is 16.7. The molecule has 0 saturated carbocycles. The van der Waals surface area contributed by atoms with Crippen molar-refractivity contribution in [2.75, 3.05) is 13.7 Å². The first-order valence-electron chi connectivity index (χ1n) is 14.5. The fourth-order valence-corrected chi connectivity index (χ4v) is 5.48. The number of ether oxygens (including phenoxy) is 2. The molecule has 1 aliphatic carbocycles. The molecule has 0 spiro atoms. The van der Waals surface area contributed by atoms with Gasteiger partial charge in [0.25, 0.3) is 0 Å². The molecular formula is C34H50O4Si. The Morgan fingerprint density at radius 3 is 2.49 bits per heavy atom. The van der Waals surface area contributed by atoms with Gasteiger partial charge in [0.1, 0.15) is 5.75 Å². The van der Waals surface area contributed by atoms with E-state index in [-0.39, 0.29) is 22.8 Å². The van der Waals surface area contributed by atoms with Gasteiger partial charge in [0.05, 0.1) is 19.8 Å². The zero-order valence-electron chi connectivity index (χ0n) is 25.3. The normalized spacial score (nSPS) is 17.6. The van der Waals surface area contributed by atoms with Gasteiger partial charge in [-0.1, -0.05) is 64.1 Å². The number of benzene rings is 1. The van der Waals surface area contributed by atoms with Crippen molar-refractivity contribution in [2.24, 2.45) is 5.92 Å². The Morgan fingerprint density at radius 1 is 1.08 bits per heavy atom. The Hall–Kier alpha value is -2.39. The van der Waals surface area contributed by atoms with Crippen LogP contribution in [0.3, 0.4) is 0 Å². The SMILES string of the molecule is CCC#CC[C@@H](C/C=C1/C(=O)C=C[C@@H]1C/C=C\CCCCOCc1ccc(OC)cc1)O[Si](C)(C)C(C)(C)C. The van der Waals surface area contributed by atoms with Crippen molar-refractivity contribution in [1.82, 2.24) is 0 Å². The molecule has 0 unspecified atom stereocenters. The fraction of sp³-hybridized carbons (Fsp3) is 0.559. The van der Waals surface area contributed by atoms with Crippen LogP contribution in [0.1, 0.15) is 78.2 Å². The predicted molar refractivity (Wildman–Crippen MR) is 165 cm³/mol. The summed E-state index contributed by atoms with van der Waals surface area (Å²) in [5.74, 6) is 7.60. The Kier molecular flexibility index (Phi) is 14.0. The number of methoxy groups -OCH3 is 1. The van der Waals surface area contributed by atoms with Crippen molar-refractivity contribution in [1.29, 1.82) is 0 Å². The van der Waals surface area contributed by atoms with Gasteiger partial charge in [-0.2, -0.15) is 0 Å². The number of rotatable bonds is 15. The van der Waals surface area contributed by atoms with Crippen LogP contribution in [0.25, 0.3) is 0 Å². The lowest BCUT2D eigenvalue weighted by Gasteiger charge is -2.39. The van der Waals surface area contributed by atoms with Gasteiger partial charge in [0, 0.05) is 30.9 Å². The van der Waals surface area contributed by atoms with Crippen molar-refractivity contribution < 1.29 is 18.7 Å². The number of hydrogen-bond donors (Lipinski definition) is 0. The number of ketones is 1. The summed E-state index contributed by atoms with van der Waals surface area (Å²) in [5.41, 5.74) is 2.06. The summed E-state index contributed by atoms with van der Waals surface area (Å²) in [6.45, 7) is 14.8. The standard InChI is InChI=1S/C34H50O4Si/c1-8-9-13-17-31(38-39(6,7)34(2,3)4)23-24-32-29(20-25-33(32)35)16-14-11-10-12-15-26-37-27-28-18-21-30(36-5)22-19-28/h11,14,18-22,24-25,29,31H,8,10,12,15-17,23,26-27H2,1-7H3/b14-11-,32-24+/t29-,31-/m0/s1. The van der Waals surface area contributed by atoms with Crippen LogP contribution < -0.4 is 4.74 Å². The molecule has 214 valence electrons. The molecule has 0 aromatic heterocycles. The van der Waals surface area contributed by atoms with Gasteiger partial charge >= 0.3 is 0 Å². The summed E-state index contributed by atoms with van der Waals surface area (Å²) >= 11 is 0. The van der Waals surface area contributed by atoms with Gasteiger partial charge in [-0.05, 0) is 74.0 Å². The molecule has 5 heteroatoms. The minimum atomic E-state index is -1.92. The molecule has 1 aliphatic rings. The van der Waals surface area contributed by atoms with Crippen molar-refractivity contribution in [3.63, 3.8) is 0 Å². The van der Waals surface area contributed by atoms with Gasteiger partial charge in [0.15, 0.2) is 14.1 Å². The lowest BCUT2D eigenvalue weighted by Crippen LogP contribution is -2.43. The average molecular weight is 551 g/mol. The van der Waals surface area contributed by atoms with Crippen LogP contribution >= 0.6 is 0 Å². The highest BCUT2D eigenvalue weighted by molar-refractivity contribution is 6.74. The Bertz CT molecular complexity index is 1030. The molecule has 1 aromatic rings. The highest BCUT2D eigenvalue weighted by atomic mass is 28.4. The van der Waals surface area contributed by atoms with E-state index in [1.807, 2.05) is 30.3 Å². The third-order valence-electron chi connectivity index (χ3n) is 7.56. The minimum Gasteiger partial charge on any atom is -0.497 e. The molecule has 0 N–H and O–H groups in total. The lowest BCUT2D eigenvalue weighted by atomic mass is 9.96. The van der Waals surface area contributed by atoms with Crippen molar-refractivity contribution in [3.8, 4) is 17.6 Å². The lowest BCUT2D eigenvalue weighted by molar-refractivity contribution is -0.111. The van der Waals surface area contributed by atoms with Crippen molar-refractivity contribution in [2.45, 2.75) is 103 Å². The monoisotopic (exact) mass is 550 g/mol. The number of carbonyl (C=O) groups excluding carboxylic acids is 1. The maximum Gasteiger partial charge on any atom is 0.192 e. The van der Waals surface area contributed by atoms with Crippen LogP contribution in [0.2, 0.25) is 18.1 Å². The fourth-order valence-electron chi connectivity index (χ4n) is 4.12. The Morgan fingerprint density at radius 2 is 1.82 bits per heavy atom. The largest absolute Gasteiger partial charge is 0.497 e. The van der Waals surface area contributed by atoms with Gasteiger partial charge in [-0.15, -0.1) is 11.8 Å². The summed E-state index contributed by atoms with van der Waals surface area (Å²) < 4.78 is 17.7. The zero-order valence-corrected chi connectivity index (χ0v) is 26.3. The second-order valence-electron chi connectivity index (χ2n) is 11.7. The third kappa shape index (κ3) is 11.7. The van der Waals surface area contributed by atoms with Crippen LogP contribution in [0.5, 0.6) is 5.75 Å². The number of unbranched alkanes of at least 4 members (excludes halogenated alkanes) is 2. The highest BCUT2D eigenvalue weighted by Gasteiger charge is 2.39. The molecule has 0 heterocycles. The van der Waals surface area contributed by atoms with Crippen LogP contribution in [-0.4, -0.2) is 33.9 Å². The van der Waals surface area contributed by atoms with E-state index < -0.39 is 8.32 Å². The molecule has 0 bridgehead atoms. The predicted octanol–water partition coefficient (Wildman–Crippen LogP) is 8.59. The maximum atomic E-state index is 12.6. The summed E-state index contributed by atoms with van der Waals surface area (Å²) in [7, 11) is -0.251. The summed E-state index contributed by atoms with van der Waals surface area (Å²) in [5, 5.41) is 0.136. The quantitative estimate of drug-likeness (QED) is 0.0721. The average Bonchev–Trinajstić information content (AvgIpc) is 3.24. The molecule has 0 aliphatic heterocycles. The summed E-state index contributed by atoms with van der Waals surface area (Å²) in [6.07, 6.45) is 16.6. The first kappa shape index (κ1) is 32.8. The molecule has 0 radical (unpaired) electrons. The molecule has 1 aromatic carbocycles. The maximum absolute atomic E-state index is 12.6. The first-order valence-corrected chi connectivity index (χ1v) is 17.4. The number of hydrogen-bond acceptors (Lipinski definition) is 4. The summed E-state index contributed by atoms with van der Waals surface area (Å²) in [6, 6.07) is 7.99. The molecule has 0 fully saturated rings. The van der Waals surface area contributed by atoms with Crippen LogP contribution in [0, 0.1) is 17.8 Å². The van der Waals surface area contributed by atoms with Crippen LogP contribution in [-0.2, 0) is 20.6 Å². The van der Waals surface area contributed by atoms with Crippen molar-refractivity contribution in [3.05, 3.63) is 65.8 Å². The third-order valence-corrected chi connectivity index (χ3v) is 12.1. The molecule has 0 amide bonds. The van der Waals surface area contributed by atoms with E-state index in [4.69, 9.17) is 13.9 Å². The van der Waals surface area contributed by atoms with E-state index in [2.05, 4.69) is 70.9 Å². The van der Waals surface area contributed by atoms with E-state index in [1.165, 1.54) is 0 Å². The number of carbonyl (C=O) groups is 1. The summed E-state index contributed by atoms with van der Waals surface area (Å²) in [4.78, 5) is 12.6. The minimum absolute atomic E-state index is 0.0222. The topological polar surface area (TPSA) is 44.8 Å². The zero-order chi connectivity index (χ0) is 28.7. The Balaban J connectivity index is 1.79. The molecule has 0 saturated heterocycles. The first-order chi connectivity index (χ1) is 18.6. The van der Waals surface area contributed by atoms with E-state index in [0.717, 1.165) is 62.0 Å². The Labute approximate surface area is 239 Å². The van der Waals surface area contributed by atoms with Crippen molar-refractivity contribution >= 4 is 14.1 Å². The van der Waals surface area contributed by atoms with Crippen LogP contribution in [0.15, 0.2) is 60.2 Å². The van der Waals surface area contributed by atoms with Gasteiger partial charge < -0.3 is 13.9 Å². The van der Waals surface area contributed by atoms with Gasteiger partial charge in [-0.3, -0.25) is 4.79 Å². The molecule has 2 rings (SSSR count). The number of allylic oxidation sites excluding steroid dienone is 5. The van der Waals surface area contributed by atoms with E-state index in [1.54, 1.807) is 13.2 Å². The van der Waals surface area contributed by atoms with Gasteiger partial charge in [0.2, 0.25) is 0 Å². The smallest absolute Gasteiger partial charge is 0.192 e. The highest BCUT2D eigenvalue weighted by Crippen LogP contribution is 2.38. The van der Waals surface area contributed by atoms with Crippen LogP contribution in [0.4, 0.5) is 0 Å². The molecule has 39 heavy (non-hydrogen) atoms. The molecule has 2 atom stereocenters.